The van der Waals surface area contributed by atoms with Crippen LogP contribution in [-0.2, 0) is 6.42 Å². The molecule has 8 heteroatoms. The third-order valence-corrected chi connectivity index (χ3v) is 20.5. The smallest absolute Gasteiger partial charge is 0.235 e. The van der Waals surface area contributed by atoms with Gasteiger partial charge in [-0.3, -0.25) is 4.57 Å². The summed E-state index contributed by atoms with van der Waals surface area (Å²) in [5.74, 6) is 0.342. The van der Waals surface area contributed by atoms with E-state index in [0.29, 0.717) is 27.8 Å². The van der Waals surface area contributed by atoms with Crippen LogP contribution in [0.5, 0.6) is 0 Å². The van der Waals surface area contributed by atoms with E-state index in [2.05, 4.69) is 225 Å². The molecule has 0 aliphatic heterocycles. The zero-order chi connectivity index (χ0) is 78.2. The average molecular weight is 1370 g/mol. The maximum Gasteiger partial charge on any atom is 0.235 e. The summed E-state index contributed by atoms with van der Waals surface area (Å²) >= 11 is 6.11. The fraction of sp³-hybridized carbons (Fsp3) is 0.0103. The minimum atomic E-state index is -0.447. The molecule has 0 saturated carbocycles. The van der Waals surface area contributed by atoms with Gasteiger partial charge in [-0.1, -0.05) is 267 Å². The summed E-state index contributed by atoms with van der Waals surface area (Å²) in [5.41, 5.74) is 20.9. The molecule has 492 valence electrons. The molecule has 0 bridgehead atoms. The van der Waals surface area contributed by atoms with Gasteiger partial charge in [-0.2, -0.15) is 0 Å². The molecule has 5 aromatic heterocycles. The Balaban J connectivity index is 0.000000124. The molecule has 1 aliphatic rings. The van der Waals surface area contributed by atoms with Crippen LogP contribution >= 0.6 is 11.6 Å². The highest BCUT2D eigenvalue weighted by atomic mass is 35.5. The van der Waals surface area contributed by atoms with Crippen molar-refractivity contribution in [3.05, 3.63) is 380 Å². The average Bonchev–Trinajstić information content (AvgIpc) is 1.52. The SMILES string of the molecule is [2H]c1c([2H])c([2H])c(-c2nc(-n3c4ccccc4c4cc(-c5ccc6c(c5)c5ccccc5n6-c5ccccc5)ccc43)nc3c2ccc2ccccc23)c([2H])c1[2H].[2H]c1c([2H])c([2H])c(-c2nc(Cl)nc3c2ccc2ccccc23)c([2H])c1[2H].c1ccc(-n2c3ccccc3c3cc(-c4ccc5c(c4)-c4ccccc4C5)ccc32)cc1. The van der Waals surface area contributed by atoms with Crippen LogP contribution in [0.1, 0.15) is 24.8 Å². The third-order valence-electron chi connectivity index (χ3n) is 20.3. The fourth-order valence-corrected chi connectivity index (χ4v) is 15.8. The molecular formula is C97H62ClN7. The van der Waals surface area contributed by atoms with E-state index >= 15 is 0 Å². The lowest BCUT2D eigenvalue weighted by Crippen LogP contribution is -2.03. The van der Waals surface area contributed by atoms with Crippen molar-refractivity contribution in [1.29, 1.82) is 0 Å². The highest BCUT2D eigenvalue weighted by Crippen LogP contribution is 2.44. The Morgan fingerprint density at radius 3 is 1.18 bits per heavy atom. The van der Waals surface area contributed by atoms with Gasteiger partial charge in [0.1, 0.15) is 0 Å². The number of aromatic nitrogens is 7. The van der Waals surface area contributed by atoms with Gasteiger partial charge in [-0.05, 0) is 170 Å². The zero-order valence-corrected chi connectivity index (χ0v) is 56.8. The Morgan fingerprint density at radius 1 is 0.267 bits per heavy atom. The summed E-state index contributed by atoms with van der Waals surface area (Å²) in [6.45, 7) is 0. The van der Waals surface area contributed by atoms with Gasteiger partial charge >= 0.3 is 0 Å². The van der Waals surface area contributed by atoms with E-state index in [1.165, 1.54) is 71.6 Å². The molecule has 0 saturated heterocycles. The highest BCUT2D eigenvalue weighted by molar-refractivity contribution is 6.29. The zero-order valence-electron chi connectivity index (χ0n) is 66.1. The largest absolute Gasteiger partial charge is 0.309 e. The number of para-hydroxylation sites is 5. The van der Waals surface area contributed by atoms with Crippen molar-refractivity contribution in [1.82, 2.24) is 33.6 Å². The first-order valence-corrected chi connectivity index (χ1v) is 35.1. The molecule has 16 aromatic carbocycles. The van der Waals surface area contributed by atoms with E-state index in [1.54, 1.807) is 6.07 Å². The highest BCUT2D eigenvalue weighted by Gasteiger charge is 2.23. The minimum absolute atomic E-state index is 0.0144. The summed E-state index contributed by atoms with van der Waals surface area (Å²) in [6.07, 6.45) is 1.04. The number of halogens is 1. The van der Waals surface area contributed by atoms with E-state index < -0.39 is 36.3 Å². The van der Waals surface area contributed by atoms with Gasteiger partial charge in [0, 0.05) is 76.4 Å². The molecule has 105 heavy (non-hydrogen) atoms. The molecule has 0 spiro atoms. The Morgan fingerprint density at radius 2 is 0.657 bits per heavy atom. The van der Waals surface area contributed by atoms with Crippen LogP contribution in [0.2, 0.25) is 5.28 Å². The number of rotatable bonds is 7. The topological polar surface area (TPSA) is 66.3 Å². The van der Waals surface area contributed by atoms with Gasteiger partial charge in [0.25, 0.3) is 0 Å². The molecule has 0 fully saturated rings. The fourth-order valence-electron chi connectivity index (χ4n) is 15.6. The Labute approximate surface area is 624 Å². The van der Waals surface area contributed by atoms with Crippen LogP contribution in [0.25, 0.3) is 182 Å². The summed E-state index contributed by atoms with van der Waals surface area (Å²) in [5, 5.41) is 11.8. The molecule has 0 radical (unpaired) electrons. The standard InChI is InChI=1S/C48H30N4.C31H21N.C18H11ClN2/c1-3-14-32(15-4-1)46-39-26-23-31-13-7-8-18-36(31)47(39)50-48(49-46)52-43-22-12-10-20-38(43)41-30-34(25-28-45(41)52)33-24-27-44-40(29-33)37-19-9-11-21-42(37)51(44)35-16-5-2-6-17-35;1-2-9-25(10-3-1)32-30-13-7-6-12-27(30)29-20-22(16-17-31(29)32)21-14-15-24-18-23-8-4-5-11-26(23)28(24)19-21;19-18-20-16(13-7-2-1-3-8-13)15-11-10-12-6-4-5-9-14(12)17(15)21-18/h1-30H;1-17,19-20H,18H2;1-11H/i1D,3D,4D,14D,15D;;1D,2D,3D,7D,8D. The lowest BCUT2D eigenvalue weighted by atomic mass is 9.97. The second-order valence-corrected chi connectivity index (χ2v) is 26.5. The van der Waals surface area contributed by atoms with Crippen molar-refractivity contribution in [3.8, 4) is 73.2 Å². The normalized spacial score (nSPS) is 13.2. The van der Waals surface area contributed by atoms with Crippen molar-refractivity contribution >= 4 is 120 Å². The van der Waals surface area contributed by atoms with Crippen LogP contribution in [0, 0.1) is 0 Å². The van der Waals surface area contributed by atoms with Crippen LogP contribution in [-0.4, -0.2) is 33.6 Å². The quantitative estimate of drug-likeness (QED) is 0.118. The Kier molecular flexibility index (Phi) is 12.5. The van der Waals surface area contributed by atoms with Crippen LogP contribution < -0.4 is 0 Å². The van der Waals surface area contributed by atoms with Gasteiger partial charge in [-0.15, -0.1) is 0 Å². The van der Waals surface area contributed by atoms with E-state index in [-0.39, 0.29) is 52.0 Å². The van der Waals surface area contributed by atoms with Gasteiger partial charge in [0.15, 0.2) is 0 Å². The molecule has 0 unspecified atom stereocenters. The lowest BCUT2D eigenvalue weighted by Gasteiger charge is -2.13. The molecule has 7 nitrogen and oxygen atoms in total. The van der Waals surface area contributed by atoms with Crippen molar-refractivity contribution in [2.24, 2.45) is 0 Å². The van der Waals surface area contributed by atoms with Crippen molar-refractivity contribution in [2.75, 3.05) is 0 Å². The second-order valence-electron chi connectivity index (χ2n) is 26.2. The monoisotopic (exact) mass is 1370 g/mol. The van der Waals surface area contributed by atoms with E-state index in [1.807, 2.05) is 95.6 Å². The molecule has 22 rings (SSSR count). The number of fused-ring (bicyclic) bond motifs is 18. The lowest BCUT2D eigenvalue weighted by molar-refractivity contribution is 1.02. The van der Waals surface area contributed by atoms with Gasteiger partial charge in [-0.25, -0.2) is 19.9 Å². The van der Waals surface area contributed by atoms with Gasteiger partial charge < -0.3 is 9.13 Å². The Hall–Kier alpha value is -13.6. The van der Waals surface area contributed by atoms with Gasteiger partial charge in [0.05, 0.1) is 69.2 Å². The summed E-state index contributed by atoms with van der Waals surface area (Å²) in [6, 6.07) is 101. The third kappa shape index (κ3) is 10.6. The summed E-state index contributed by atoms with van der Waals surface area (Å²) < 4.78 is 89.7. The van der Waals surface area contributed by atoms with Crippen molar-refractivity contribution in [3.63, 3.8) is 0 Å². The predicted octanol–water partition coefficient (Wildman–Crippen LogP) is 25.4. The number of benzene rings is 16. The maximum atomic E-state index is 8.92. The van der Waals surface area contributed by atoms with Crippen LogP contribution in [0.15, 0.2) is 364 Å². The number of hydrogen-bond acceptors (Lipinski definition) is 4. The Bertz CT molecular complexity index is 7620. The predicted molar refractivity (Wildman–Crippen MR) is 439 cm³/mol. The van der Waals surface area contributed by atoms with Crippen LogP contribution in [0.4, 0.5) is 0 Å². The van der Waals surface area contributed by atoms with Crippen LogP contribution in [0.3, 0.4) is 0 Å². The first-order chi connectivity index (χ1) is 56.1. The van der Waals surface area contributed by atoms with E-state index in [9.17, 15) is 0 Å². The van der Waals surface area contributed by atoms with Gasteiger partial charge in [0.2, 0.25) is 11.2 Å². The molecule has 5 heterocycles. The minimum Gasteiger partial charge on any atom is -0.309 e. The molecular weight excluding hydrogens is 1300 g/mol. The second kappa shape index (κ2) is 25.5. The first-order valence-electron chi connectivity index (χ1n) is 39.8. The molecule has 1 aliphatic carbocycles. The van der Waals surface area contributed by atoms with E-state index in [4.69, 9.17) is 35.3 Å². The number of nitrogens with zero attached hydrogens (tertiary/aromatic N) is 7. The molecule has 0 amide bonds. The first kappa shape index (κ1) is 51.5. The van der Waals surface area contributed by atoms with Crippen molar-refractivity contribution < 1.29 is 13.7 Å². The molecule has 0 atom stereocenters. The van der Waals surface area contributed by atoms with Crippen molar-refractivity contribution in [2.45, 2.75) is 6.42 Å². The summed E-state index contributed by atoms with van der Waals surface area (Å²) in [7, 11) is 0. The summed E-state index contributed by atoms with van der Waals surface area (Å²) in [4.78, 5) is 18.8. The van der Waals surface area contributed by atoms with E-state index in [0.717, 1.165) is 77.6 Å². The number of hydrogen-bond donors (Lipinski definition) is 0. The maximum absolute atomic E-state index is 8.92. The molecule has 21 aromatic rings. The molecule has 0 N–H and O–H groups in total.